The summed E-state index contributed by atoms with van der Waals surface area (Å²) < 4.78 is 0. The minimum atomic E-state index is -0.101. The maximum atomic E-state index is 11.1. The Kier molecular flexibility index (Phi) is 1.27. The molecule has 1 aliphatic carbocycles. The zero-order chi connectivity index (χ0) is 8.06. The Labute approximate surface area is 66.5 Å². The second-order valence-electron chi connectivity index (χ2n) is 3.83. The van der Waals surface area contributed by atoms with Gasteiger partial charge in [-0.05, 0) is 32.6 Å². The van der Waals surface area contributed by atoms with Crippen molar-refractivity contribution < 1.29 is 4.79 Å². The van der Waals surface area contributed by atoms with Crippen molar-refractivity contribution in [2.75, 3.05) is 0 Å². The second-order valence-corrected chi connectivity index (χ2v) is 3.83. The third-order valence-corrected chi connectivity index (χ3v) is 2.69. The Balaban J connectivity index is 2.11. The second kappa shape index (κ2) is 1.97. The molecule has 1 heterocycles. The van der Waals surface area contributed by atoms with Crippen LogP contribution in [0.5, 0.6) is 0 Å². The average Bonchev–Trinajstić information content (AvgIpc) is 2.64. The molecule has 0 bridgehead atoms. The molecule has 2 rings (SSSR count). The van der Waals surface area contributed by atoms with E-state index in [9.17, 15) is 4.79 Å². The lowest BCUT2D eigenvalue weighted by atomic mass is 10.1. The van der Waals surface area contributed by atoms with Crippen molar-refractivity contribution >= 4 is 5.91 Å². The predicted octanol–water partition coefficient (Wildman–Crippen LogP) is 0.220. The Hall–Kier alpha value is -0.570. The molecule has 0 aromatic heterocycles. The highest BCUT2D eigenvalue weighted by Gasteiger charge is 2.48. The van der Waals surface area contributed by atoms with E-state index >= 15 is 0 Å². The van der Waals surface area contributed by atoms with Crippen LogP contribution in [-0.4, -0.2) is 17.6 Å². The van der Waals surface area contributed by atoms with Crippen LogP contribution in [0.3, 0.4) is 0 Å². The van der Waals surface area contributed by atoms with Gasteiger partial charge in [0, 0.05) is 0 Å². The lowest BCUT2D eigenvalue weighted by Crippen LogP contribution is -2.49. The summed E-state index contributed by atoms with van der Waals surface area (Å²) in [4.78, 5) is 11.1. The van der Waals surface area contributed by atoms with Gasteiger partial charge in [-0.2, -0.15) is 0 Å². The fourth-order valence-electron chi connectivity index (χ4n) is 1.80. The van der Waals surface area contributed by atoms with Crippen molar-refractivity contribution in [3.63, 3.8) is 0 Å². The first-order chi connectivity index (χ1) is 5.12. The Morgan fingerprint density at radius 1 is 1.55 bits per heavy atom. The van der Waals surface area contributed by atoms with Crippen molar-refractivity contribution in [3.8, 4) is 0 Å². The van der Waals surface area contributed by atoms with Gasteiger partial charge in [-0.15, -0.1) is 0 Å². The molecule has 2 unspecified atom stereocenters. The molecule has 2 atom stereocenters. The number of amides is 1. The van der Waals surface area contributed by atoms with Crippen molar-refractivity contribution in [3.05, 3.63) is 0 Å². The summed E-state index contributed by atoms with van der Waals surface area (Å²) in [5.41, 5.74) is -0.101. The third-order valence-electron chi connectivity index (χ3n) is 2.69. The van der Waals surface area contributed by atoms with Gasteiger partial charge < -0.3 is 5.32 Å². The zero-order valence-electron chi connectivity index (χ0n) is 6.98. The molecule has 2 aliphatic rings. The van der Waals surface area contributed by atoms with Crippen LogP contribution in [0.2, 0.25) is 0 Å². The molecule has 2 N–H and O–H groups in total. The van der Waals surface area contributed by atoms with Crippen molar-refractivity contribution in [2.24, 2.45) is 5.92 Å². The molecule has 0 spiro atoms. The highest BCUT2D eigenvalue weighted by atomic mass is 16.2. The molecule has 3 heteroatoms. The van der Waals surface area contributed by atoms with Crippen LogP contribution in [0.1, 0.15) is 26.7 Å². The van der Waals surface area contributed by atoms with Gasteiger partial charge >= 0.3 is 0 Å². The van der Waals surface area contributed by atoms with Crippen LogP contribution >= 0.6 is 0 Å². The summed E-state index contributed by atoms with van der Waals surface area (Å²) in [5.74, 6) is 0.802. The van der Waals surface area contributed by atoms with E-state index in [4.69, 9.17) is 0 Å². The molecule has 1 saturated carbocycles. The third kappa shape index (κ3) is 1.03. The fraction of sp³-hybridized carbons (Fsp3) is 0.875. The molecule has 1 aliphatic heterocycles. The molecule has 0 aromatic carbocycles. The van der Waals surface area contributed by atoms with Gasteiger partial charge in [0.15, 0.2) is 0 Å². The smallest absolute Gasteiger partial charge is 0.238 e. The highest BCUT2D eigenvalue weighted by molar-refractivity contribution is 5.84. The fourth-order valence-corrected chi connectivity index (χ4v) is 1.80. The number of hydrogen-bond donors (Lipinski definition) is 2. The van der Waals surface area contributed by atoms with Crippen LogP contribution in [0.15, 0.2) is 0 Å². The van der Waals surface area contributed by atoms with Gasteiger partial charge in [0.05, 0.1) is 11.7 Å². The monoisotopic (exact) mass is 154 g/mol. The number of rotatable bonds is 1. The topological polar surface area (TPSA) is 41.1 Å². The zero-order valence-corrected chi connectivity index (χ0v) is 6.98. The normalized spacial score (nSPS) is 44.2. The average molecular weight is 154 g/mol. The van der Waals surface area contributed by atoms with Gasteiger partial charge in [0.1, 0.15) is 0 Å². The number of nitrogens with one attached hydrogen (secondary N) is 2. The maximum Gasteiger partial charge on any atom is 0.238 e. The first kappa shape index (κ1) is 7.10. The van der Waals surface area contributed by atoms with Crippen LogP contribution in [-0.2, 0) is 4.79 Å². The van der Waals surface area contributed by atoms with Crippen LogP contribution in [0.4, 0.5) is 0 Å². The molecule has 1 amide bonds. The van der Waals surface area contributed by atoms with Crippen molar-refractivity contribution in [1.29, 1.82) is 0 Å². The molecular weight excluding hydrogens is 140 g/mol. The van der Waals surface area contributed by atoms with Gasteiger partial charge in [0.25, 0.3) is 0 Å². The van der Waals surface area contributed by atoms with Crippen LogP contribution in [0, 0.1) is 5.92 Å². The number of hydrogen-bond acceptors (Lipinski definition) is 2. The molecule has 11 heavy (non-hydrogen) atoms. The van der Waals surface area contributed by atoms with E-state index in [1.807, 2.05) is 6.92 Å². The van der Waals surface area contributed by atoms with Gasteiger partial charge in [-0.3, -0.25) is 10.1 Å². The summed E-state index contributed by atoms with van der Waals surface area (Å²) in [5, 5.41) is 6.27. The summed E-state index contributed by atoms with van der Waals surface area (Å²) in [6.07, 6.45) is 2.49. The molecule has 3 nitrogen and oxygen atoms in total. The first-order valence-corrected chi connectivity index (χ1v) is 4.21. The van der Waals surface area contributed by atoms with E-state index in [2.05, 4.69) is 17.6 Å². The summed E-state index contributed by atoms with van der Waals surface area (Å²) in [6, 6.07) is -0.0133. The summed E-state index contributed by atoms with van der Waals surface area (Å²) in [7, 11) is 0. The van der Waals surface area contributed by atoms with Crippen molar-refractivity contribution in [1.82, 2.24) is 10.6 Å². The maximum absolute atomic E-state index is 11.1. The molecular formula is C8H14N2O. The predicted molar refractivity (Wildman–Crippen MR) is 41.9 cm³/mol. The molecule has 0 radical (unpaired) electrons. The van der Waals surface area contributed by atoms with Crippen LogP contribution < -0.4 is 10.6 Å². The van der Waals surface area contributed by atoms with E-state index in [0.29, 0.717) is 5.92 Å². The summed E-state index contributed by atoms with van der Waals surface area (Å²) in [6.45, 7) is 3.98. The van der Waals surface area contributed by atoms with Gasteiger partial charge in [-0.1, -0.05) is 0 Å². The Bertz CT molecular complexity index is 200. The van der Waals surface area contributed by atoms with E-state index < -0.39 is 0 Å². The SMILES string of the molecule is CC1NC(C)(C2CC2)NC1=O. The quantitative estimate of drug-likeness (QED) is 0.567. The van der Waals surface area contributed by atoms with Crippen LogP contribution in [0.25, 0.3) is 0 Å². The lowest BCUT2D eigenvalue weighted by molar-refractivity contribution is -0.120. The number of carbonyl (C=O) groups excluding carboxylic acids is 1. The standard InChI is InChI=1S/C8H14N2O/c1-5-7(11)10-8(2,9-5)6-3-4-6/h5-6,9H,3-4H2,1-2H3,(H,10,11). The van der Waals surface area contributed by atoms with E-state index in [0.717, 1.165) is 0 Å². The molecule has 0 aromatic rings. The van der Waals surface area contributed by atoms with E-state index in [1.165, 1.54) is 12.8 Å². The van der Waals surface area contributed by atoms with Gasteiger partial charge in [0.2, 0.25) is 5.91 Å². The molecule has 62 valence electrons. The Morgan fingerprint density at radius 3 is 2.55 bits per heavy atom. The van der Waals surface area contributed by atoms with E-state index in [-0.39, 0.29) is 17.6 Å². The minimum Gasteiger partial charge on any atom is -0.337 e. The van der Waals surface area contributed by atoms with E-state index in [1.54, 1.807) is 0 Å². The summed E-state index contributed by atoms with van der Waals surface area (Å²) >= 11 is 0. The molecule has 2 fully saturated rings. The first-order valence-electron chi connectivity index (χ1n) is 4.21. The van der Waals surface area contributed by atoms with Crippen molar-refractivity contribution in [2.45, 2.75) is 38.4 Å². The molecule has 1 saturated heterocycles. The van der Waals surface area contributed by atoms with Gasteiger partial charge in [-0.25, -0.2) is 0 Å². The largest absolute Gasteiger partial charge is 0.337 e. The highest BCUT2D eigenvalue weighted by Crippen LogP contribution is 2.39. The lowest BCUT2D eigenvalue weighted by Gasteiger charge is -2.24. The minimum absolute atomic E-state index is 0.0133. The Morgan fingerprint density at radius 2 is 2.18 bits per heavy atom. The number of carbonyl (C=O) groups is 1.